The van der Waals surface area contributed by atoms with Gasteiger partial charge in [-0.05, 0) is 5.56 Å². The molecule has 1 heterocycles. The lowest BCUT2D eigenvalue weighted by Gasteiger charge is -2.26. The fourth-order valence-electron chi connectivity index (χ4n) is 2.63. The lowest BCUT2D eigenvalue weighted by atomic mass is 9.95. The molecule has 92 valence electrons. The lowest BCUT2D eigenvalue weighted by molar-refractivity contribution is -0.869. The molecule has 0 aromatic heterocycles. The van der Waals surface area contributed by atoms with Gasteiger partial charge < -0.3 is 10.3 Å². The van der Waals surface area contributed by atoms with E-state index in [9.17, 15) is 5.21 Å². The van der Waals surface area contributed by atoms with E-state index in [2.05, 4.69) is 17.4 Å². The maximum atomic E-state index is 12.1. The van der Waals surface area contributed by atoms with Crippen molar-refractivity contribution in [2.45, 2.75) is 12.1 Å². The lowest BCUT2D eigenvalue weighted by Crippen LogP contribution is -3.06. The van der Waals surface area contributed by atoms with Crippen LogP contribution in [0.2, 0.25) is 0 Å². The summed E-state index contributed by atoms with van der Waals surface area (Å²) in [6, 6.07) is 20.2. The number of quaternary nitrogens is 1. The van der Waals surface area contributed by atoms with Crippen LogP contribution in [0.3, 0.4) is 0 Å². The van der Waals surface area contributed by atoms with Crippen molar-refractivity contribution in [2.24, 2.45) is 0 Å². The zero-order valence-electron chi connectivity index (χ0n) is 10.0. The summed E-state index contributed by atoms with van der Waals surface area (Å²) in [6.07, 6.45) is 0. The van der Waals surface area contributed by atoms with Crippen molar-refractivity contribution in [3.05, 3.63) is 77.0 Å². The van der Waals surface area contributed by atoms with Gasteiger partial charge in [-0.15, -0.1) is 0 Å². The Morgan fingerprint density at radius 3 is 2.06 bits per heavy atom. The molecule has 1 fully saturated rings. The highest BCUT2D eigenvalue weighted by Crippen LogP contribution is 2.28. The van der Waals surface area contributed by atoms with Crippen molar-refractivity contribution in [1.29, 1.82) is 0 Å². The number of benzene rings is 2. The van der Waals surface area contributed by atoms with Crippen molar-refractivity contribution in [2.75, 3.05) is 6.67 Å². The van der Waals surface area contributed by atoms with Crippen LogP contribution in [0, 0.1) is 5.21 Å². The molecular weight excluding hydrogens is 224 g/mol. The van der Waals surface area contributed by atoms with Gasteiger partial charge in [0.2, 0.25) is 0 Å². The Labute approximate surface area is 107 Å². The maximum Gasteiger partial charge on any atom is 0.134 e. The summed E-state index contributed by atoms with van der Waals surface area (Å²) >= 11 is 0. The first-order valence-corrected chi connectivity index (χ1v) is 6.22. The summed E-state index contributed by atoms with van der Waals surface area (Å²) in [5.41, 5.74) is 2.28. The predicted octanol–water partition coefficient (Wildman–Crippen LogP) is 1.41. The van der Waals surface area contributed by atoms with Gasteiger partial charge in [-0.3, -0.25) is 5.32 Å². The van der Waals surface area contributed by atoms with Crippen LogP contribution < -0.4 is 10.4 Å². The maximum absolute atomic E-state index is 12.1. The second kappa shape index (κ2) is 4.90. The van der Waals surface area contributed by atoms with Crippen LogP contribution in [0.4, 0.5) is 0 Å². The molecule has 0 amide bonds. The van der Waals surface area contributed by atoms with Crippen molar-refractivity contribution < 1.29 is 5.06 Å². The molecule has 3 atom stereocenters. The first-order chi connectivity index (χ1) is 8.86. The molecule has 1 aliphatic heterocycles. The summed E-state index contributed by atoms with van der Waals surface area (Å²) in [6.45, 7) is 0.457. The molecular formula is C15H16N2O. The molecule has 0 aliphatic carbocycles. The van der Waals surface area contributed by atoms with E-state index >= 15 is 0 Å². The van der Waals surface area contributed by atoms with Gasteiger partial charge in [0.15, 0.2) is 0 Å². The minimum absolute atomic E-state index is 0.0615. The van der Waals surface area contributed by atoms with E-state index in [1.54, 1.807) is 0 Å². The predicted molar refractivity (Wildman–Crippen MR) is 70.7 cm³/mol. The van der Waals surface area contributed by atoms with Gasteiger partial charge in [0.05, 0.1) is 6.04 Å². The molecule has 0 radical (unpaired) electrons. The van der Waals surface area contributed by atoms with Crippen LogP contribution in [0.1, 0.15) is 23.2 Å². The Kier molecular flexibility index (Phi) is 3.11. The number of hydroxylamine groups is 2. The third kappa shape index (κ3) is 2.04. The highest BCUT2D eigenvalue weighted by atomic mass is 16.5. The Morgan fingerprint density at radius 2 is 1.44 bits per heavy atom. The molecule has 18 heavy (non-hydrogen) atoms. The van der Waals surface area contributed by atoms with Gasteiger partial charge in [-0.2, -0.15) is 0 Å². The minimum atomic E-state index is -0.0615. The standard InChI is InChI=1S/C15H16N2O/c18-17-11-16-14(12-7-3-1-4-8-12)15(17)13-9-5-2-6-10-13/h1-10,14-17H,11H2. The first-order valence-electron chi connectivity index (χ1n) is 6.22. The van der Waals surface area contributed by atoms with Crippen LogP contribution >= 0.6 is 0 Å². The number of nitrogens with one attached hydrogen (secondary N) is 2. The van der Waals surface area contributed by atoms with Gasteiger partial charge in [-0.25, -0.2) is 0 Å². The molecule has 0 bridgehead atoms. The van der Waals surface area contributed by atoms with Gasteiger partial charge in [0.25, 0.3) is 0 Å². The highest BCUT2D eigenvalue weighted by Gasteiger charge is 2.35. The molecule has 2 aromatic carbocycles. The minimum Gasteiger partial charge on any atom is -0.633 e. The third-order valence-electron chi connectivity index (χ3n) is 3.49. The molecule has 1 aliphatic rings. The number of rotatable bonds is 2. The quantitative estimate of drug-likeness (QED) is 0.779. The summed E-state index contributed by atoms with van der Waals surface area (Å²) in [5, 5.41) is 15.7. The zero-order valence-corrected chi connectivity index (χ0v) is 10.0. The Bertz CT molecular complexity index is 500. The van der Waals surface area contributed by atoms with Crippen LogP contribution in [0.25, 0.3) is 0 Å². The molecule has 2 N–H and O–H groups in total. The van der Waals surface area contributed by atoms with Crippen molar-refractivity contribution in [1.82, 2.24) is 5.32 Å². The van der Waals surface area contributed by atoms with Crippen LogP contribution in [0.15, 0.2) is 60.7 Å². The van der Waals surface area contributed by atoms with E-state index in [0.29, 0.717) is 6.67 Å². The molecule has 1 saturated heterocycles. The topological polar surface area (TPSA) is 39.5 Å². The molecule has 2 aromatic rings. The Morgan fingerprint density at radius 1 is 0.889 bits per heavy atom. The molecule has 3 heteroatoms. The average Bonchev–Trinajstić information content (AvgIpc) is 2.83. The molecule has 0 saturated carbocycles. The van der Waals surface area contributed by atoms with Gasteiger partial charge >= 0.3 is 0 Å². The largest absolute Gasteiger partial charge is 0.633 e. The number of hydrogen-bond acceptors (Lipinski definition) is 2. The van der Waals surface area contributed by atoms with Crippen LogP contribution in [-0.2, 0) is 0 Å². The monoisotopic (exact) mass is 240 g/mol. The third-order valence-corrected chi connectivity index (χ3v) is 3.49. The van der Waals surface area contributed by atoms with Gasteiger partial charge in [0.1, 0.15) is 12.7 Å². The average molecular weight is 240 g/mol. The molecule has 0 spiro atoms. The van der Waals surface area contributed by atoms with E-state index in [4.69, 9.17) is 0 Å². The smallest absolute Gasteiger partial charge is 0.134 e. The number of hydrogen-bond donors (Lipinski definition) is 2. The van der Waals surface area contributed by atoms with E-state index in [-0.39, 0.29) is 17.1 Å². The van der Waals surface area contributed by atoms with E-state index in [1.165, 1.54) is 5.56 Å². The molecule has 3 rings (SSSR count). The van der Waals surface area contributed by atoms with Gasteiger partial charge in [0, 0.05) is 5.56 Å². The fraction of sp³-hybridized carbons (Fsp3) is 0.200. The van der Waals surface area contributed by atoms with Crippen molar-refractivity contribution in [3.8, 4) is 0 Å². The van der Waals surface area contributed by atoms with Crippen LogP contribution in [-0.4, -0.2) is 6.67 Å². The van der Waals surface area contributed by atoms with Crippen LogP contribution in [0.5, 0.6) is 0 Å². The SMILES string of the molecule is [O-][NH+]1CNC(c2ccccc2)C1c1ccccc1. The zero-order chi connectivity index (χ0) is 12.4. The van der Waals surface area contributed by atoms with Crippen molar-refractivity contribution in [3.63, 3.8) is 0 Å². The van der Waals surface area contributed by atoms with E-state index < -0.39 is 0 Å². The molecule has 3 unspecified atom stereocenters. The van der Waals surface area contributed by atoms with E-state index in [0.717, 1.165) is 5.56 Å². The summed E-state index contributed by atoms with van der Waals surface area (Å²) in [5.74, 6) is 0. The van der Waals surface area contributed by atoms with Gasteiger partial charge in [-0.1, -0.05) is 60.7 Å². The second-order valence-corrected chi connectivity index (χ2v) is 4.62. The summed E-state index contributed by atoms with van der Waals surface area (Å²) in [7, 11) is 0. The highest BCUT2D eigenvalue weighted by molar-refractivity contribution is 5.26. The fourth-order valence-corrected chi connectivity index (χ4v) is 2.63. The Balaban J connectivity index is 1.96. The Hall–Kier alpha value is -1.68. The summed E-state index contributed by atoms with van der Waals surface area (Å²) < 4.78 is 0. The van der Waals surface area contributed by atoms with E-state index in [1.807, 2.05) is 48.5 Å². The normalized spacial score (nSPS) is 27.3. The second-order valence-electron chi connectivity index (χ2n) is 4.62. The summed E-state index contributed by atoms with van der Waals surface area (Å²) in [4.78, 5) is 0. The van der Waals surface area contributed by atoms with Crippen molar-refractivity contribution >= 4 is 0 Å². The molecule has 3 nitrogen and oxygen atoms in total. The first kappa shape index (κ1) is 11.4.